The molecule has 3 aromatic heterocycles. The van der Waals surface area contributed by atoms with E-state index in [-0.39, 0.29) is 48.8 Å². The summed E-state index contributed by atoms with van der Waals surface area (Å²) < 4.78 is 13.4. The first-order valence-electron chi connectivity index (χ1n) is 27.8. The van der Waals surface area contributed by atoms with Gasteiger partial charge in [0.1, 0.15) is 35.0 Å². The number of fused-ring (bicyclic) bond motifs is 2. The number of amides is 4. The Balaban J connectivity index is 0.802. The van der Waals surface area contributed by atoms with Crippen molar-refractivity contribution < 1.29 is 38.6 Å². The number of β-amino-alcohol motifs (C(OH)–C–C–N with tert-alkyl or cyclic N) is 1. The number of pyridine rings is 1. The van der Waals surface area contributed by atoms with Crippen LogP contribution >= 0.6 is 22.7 Å². The molecule has 0 radical (unpaired) electrons. The van der Waals surface area contributed by atoms with Crippen molar-refractivity contribution in [2.24, 2.45) is 5.41 Å². The summed E-state index contributed by atoms with van der Waals surface area (Å²) in [6.45, 7) is 17.7. The van der Waals surface area contributed by atoms with E-state index in [4.69, 9.17) is 14.5 Å². The number of carbonyl (C=O) groups is 5. The van der Waals surface area contributed by atoms with E-state index in [0.717, 1.165) is 48.6 Å². The molecule has 4 atom stereocenters. The molecule has 2 aliphatic rings. The summed E-state index contributed by atoms with van der Waals surface area (Å²) in [6.07, 6.45) is -0.214. The van der Waals surface area contributed by atoms with Crippen LogP contribution in [0.3, 0.4) is 0 Å². The van der Waals surface area contributed by atoms with Crippen LogP contribution in [-0.4, -0.2) is 91.4 Å². The fourth-order valence-corrected chi connectivity index (χ4v) is 12.3. The third kappa shape index (κ3) is 13.1. The fourth-order valence-electron chi connectivity index (χ4n) is 10.6. The van der Waals surface area contributed by atoms with Crippen molar-refractivity contribution in [3.63, 3.8) is 0 Å². The van der Waals surface area contributed by atoms with Gasteiger partial charge in [0.2, 0.25) is 17.7 Å². The molecule has 2 aliphatic heterocycles. The number of aromatic nitrogens is 3. The lowest BCUT2D eigenvalue weighted by Gasteiger charge is -2.35. The molecule has 0 bridgehead atoms. The lowest BCUT2D eigenvalue weighted by Crippen LogP contribution is -2.58. The number of ether oxygens (including phenoxy) is 2. The Kier molecular flexibility index (Phi) is 16.7. The topological polar surface area (TPSA) is 205 Å². The summed E-state index contributed by atoms with van der Waals surface area (Å²) in [5, 5.41) is 20.4. The molecule has 8 aromatic rings. The number of hydrogen-bond acceptors (Lipinski definition) is 14. The molecule has 5 heterocycles. The Hall–Kier alpha value is -8.32. The summed E-state index contributed by atoms with van der Waals surface area (Å²) in [5.41, 5.74) is 9.29. The van der Waals surface area contributed by atoms with Crippen molar-refractivity contribution in [2.75, 3.05) is 23.3 Å². The Bertz CT molecular complexity index is 3720. The van der Waals surface area contributed by atoms with Crippen LogP contribution in [0.4, 0.5) is 10.9 Å². The first kappa shape index (κ1) is 57.9. The predicted molar refractivity (Wildman–Crippen MR) is 325 cm³/mol. The maximum atomic E-state index is 14.4. The SMILES string of the molecule is Cc1ncsc1-c1ccc(C(C)NC(=O)[C@@H]2C[C@@H](O)CN2C(=O)C(NC(=O)Cc2ccc(Oc3cccc(-c4ccc(N5CCc6cccc(C(=O)Nc7nc8ccccc8s7)c6C5)nc4C(=O)OC(C)(C)C)c3C)cc2)C(C)(C)C)cc1. The highest BCUT2D eigenvalue weighted by molar-refractivity contribution is 7.22. The number of benzene rings is 5. The summed E-state index contributed by atoms with van der Waals surface area (Å²) in [7, 11) is 0. The first-order chi connectivity index (χ1) is 39.6. The number of rotatable bonds is 15. The monoisotopic (exact) mass is 1150 g/mol. The molecular weight excluding hydrogens is 1080 g/mol. The average Bonchev–Trinajstić information content (AvgIpc) is 4.37. The van der Waals surface area contributed by atoms with E-state index >= 15 is 0 Å². The van der Waals surface area contributed by atoms with Crippen LogP contribution in [0.15, 0.2) is 127 Å². The van der Waals surface area contributed by atoms with Gasteiger partial charge in [0.25, 0.3) is 5.91 Å². The summed E-state index contributed by atoms with van der Waals surface area (Å²) in [4.78, 5) is 88.6. The molecule has 428 valence electrons. The van der Waals surface area contributed by atoms with Gasteiger partial charge in [0.05, 0.1) is 44.9 Å². The molecular formula is C65H68N8O8S2. The van der Waals surface area contributed by atoms with Crippen LogP contribution in [-0.2, 0) is 38.5 Å². The molecule has 16 nitrogen and oxygen atoms in total. The molecule has 4 amide bonds. The smallest absolute Gasteiger partial charge is 0.358 e. The van der Waals surface area contributed by atoms with E-state index in [1.54, 1.807) is 35.6 Å². The second-order valence-electron chi connectivity index (χ2n) is 23.4. The number of anilines is 2. The number of aliphatic hydroxyl groups excluding tert-OH is 1. The van der Waals surface area contributed by atoms with Gasteiger partial charge in [0.15, 0.2) is 10.8 Å². The van der Waals surface area contributed by atoms with Gasteiger partial charge in [0, 0.05) is 37.2 Å². The Labute approximate surface area is 491 Å². The van der Waals surface area contributed by atoms with E-state index in [2.05, 4.69) is 30.8 Å². The van der Waals surface area contributed by atoms with Crippen molar-refractivity contribution in [3.05, 3.63) is 172 Å². The lowest BCUT2D eigenvalue weighted by molar-refractivity contribution is -0.144. The second-order valence-corrected chi connectivity index (χ2v) is 25.2. The largest absolute Gasteiger partial charge is 0.457 e. The number of carbonyl (C=O) groups excluding carboxylic acids is 5. The van der Waals surface area contributed by atoms with Crippen LogP contribution in [0.5, 0.6) is 11.5 Å². The number of nitrogens with one attached hydrogen (secondary N) is 3. The normalized spacial score (nSPS) is 16.0. The molecule has 10 rings (SSSR count). The fraction of sp³-hybridized carbons (Fsp3) is 0.323. The lowest BCUT2D eigenvalue weighted by atomic mass is 9.85. The number of nitrogens with zero attached hydrogens (tertiary/aromatic N) is 5. The van der Waals surface area contributed by atoms with Gasteiger partial charge >= 0.3 is 5.97 Å². The minimum atomic E-state index is -0.997. The molecule has 0 spiro atoms. The van der Waals surface area contributed by atoms with Crippen molar-refractivity contribution >= 4 is 73.4 Å². The standard InChI is InChI=1S/C65H68N8O8S2/c1-37-46(47-28-29-54(69-56(47)62(79)81-65(7,8)9)72-31-30-42-14-12-16-48(49(42)35-72)59(76)71-63-68-50-17-10-11-19-53(50)83-63)15-13-18-52(37)80-45-26-20-40(21-27-45)32-55(75)70-58(64(4,5)6)61(78)73-34-44(74)33-51(73)60(77)67-38(2)41-22-24-43(25-23-41)57-39(3)66-36-82-57/h10-29,36,38,44,51,58,74H,30-35H2,1-9H3,(H,67,77)(H,70,75)(H,68,71,76)/t38?,44-,51+,58?/m1/s1. The van der Waals surface area contributed by atoms with E-state index in [9.17, 15) is 29.1 Å². The highest BCUT2D eigenvalue weighted by Crippen LogP contribution is 2.38. The highest BCUT2D eigenvalue weighted by Gasteiger charge is 2.45. The minimum absolute atomic E-state index is 0.0397. The molecule has 0 aliphatic carbocycles. The van der Waals surface area contributed by atoms with Gasteiger partial charge in [-0.1, -0.05) is 105 Å². The van der Waals surface area contributed by atoms with Gasteiger partial charge in [-0.3, -0.25) is 24.5 Å². The average molecular weight is 1150 g/mol. The van der Waals surface area contributed by atoms with Gasteiger partial charge in [-0.2, -0.15) is 0 Å². The van der Waals surface area contributed by atoms with Gasteiger partial charge < -0.3 is 35.0 Å². The molecule has 18 heteroatoms. The zero-order valence-electron chi connectivity index (χ0n) is 48.0. The minimum Gasteiger partial charge on any atom is -0.457 e. The molecule has 0 saturated carbocycles. The van der Waals surface area contributed by atoms with Crippen molar-refractivity contribution in [3.8, 4) is 33.1 Å². The van der Waals surface area contributed by atoms with Crippen molar-refractivity contribution in [1.29, 1.82) is 0 Å². The Morgan fingerprint density at radius 1 is 0.819 bits per heavy atom. The summed E-state index contributed by atoms with van der Waals surface area (Å²) >= 11 is 2.99. The number of aliphatic hydroxyl groups is 1. The number of likely N-dealkylation sites (tertiary alicyclic amines) is 1. The Morgan fingerprint density at radius 3 is 2.28 bits per heavy atom. The van der Waals surface area contributed by atoms with Crippen LogP contribution in [0.1, 0.15) is 115 Å². The van der Waals surface area contributed by atoms with E-state index in [0.29, 0.717) is 64.2 Å². The third-order valence-electron chi connectivity index (χ3n) is 15.0. The number of hydrogen-bond donors (Lipinski definition) is 4. The molecule has 5 aromatic carbocycles. The van der Waals surface area contributed by atoms with E-state index in [1.807, 2.05) is 165 Å². The number of aryl methyl sites for hydroxylation is 1. The zero-order valence-corrected chi connectivity index (χ0v) is 49.7. The zero-order chi connectivity index (χ0) is 58.9. The first-order valence-corrected chi connectivity index (χ1v) is 29.5. The Morgan fingerprint density at radius 2 is 1.57 bits per heavy atom. The summed E-state index contributed by atoms with van der Waals surface area (Å²) in [5.74, 6) is -0.445. The molecule has 2 unspecified atom stereocenters. The third-order valence-corrected chi connectivity index (χ3v) is 16.9. The van der Waals surface area contributed by atoms with Gasteiger partial charge in [-0.05, 0) is 141 Å². The van der Waals surface area contributed by atoms with E-state index in [1.165, 1.54) is 16.2 Å². The van der Waals surface area contributed by atoms with Crippen LogP contribution in [0, 0.1) is 19.3 Å². The molecule has 83 heavy (non-hydrogen) atoms. The quantitative estimate of drug-likeness (QED) is 0.0708. The molecule has 4 N–H and O–H groups in total. The van der Waals surface area contributed by atoms with Crippen LogP contribution in [0.2, 0.25) is 0 Å². The maximum Gasteiger partial charge on any atom is 0.358 e. The van der Waals surface area contributed by atoms with Gasteiger partial charge in [-0.15, -0.1) is 11.3 Å². The summed E-state index contributed by atoms with van der Waals surface area (Å²) in [6, 6.07) is 35.6. The van der Waals surface area contributed by atoms with Crippen LogP contribution < -0.4 is 25.6 Å². The predicted octanol–water partition coefficient (Wildman–Crippen LogP) is 11.6. The van der Waals surface area contributed by atoms with E-state index < -0.39 is 41.1 Å². The van der Waals surface area contributed by atoms with Crippen molar-refractivity contribution in [1.82, 2.24) is 30.5 Å². The van der Waals surface area contributed by atoms with Gasteiger partial charge in [-0.25, -0.2) is 19.7 Å². The highest BCUT2D eigenvalue weighted by atomic mass is 32.1. The van der Waals surface area contributed by atoms with Crippen molar-refractivity contribution in [2.45, 2.75) is 118 Å². The van der Waals surface area contributed by atoms with Crippen LogP contribution in [0.25, 0.3) is 31.8 Å². The maximum absolute atomic E-state index is 14.4. The molecule has 1 fully saturated rings. The number of para-hydroxylation sites is 1. The second kappa shape index (κ2) is 23.9. The number of thiazole rings is 2. The number of esters is 1. The molecule has 1 saturated heterocycles.